The Hall–Kier alpha value is -2.57. The summed E-state index contributed by atoms with van der Waals surface area (Å²) < 4.78 is 7.20. The van der Waals surface area contributed by atoms with Crippen molar-refractivity contribution in [2.75, 3.05) is 26.2 Å². The highest BCUT2D eigenvalue weighted by atomic mass is 35.5. The van der Waals surface area contributed by atoms with Crippen LogP contribution in [0, 0.1) is 20.8 Å². The number of benzene rings is 1. The molecule has 1 aliphatic rings. The Morgan fingerprint density at radius 1 is 1.07 bits per heavy atom. The van der Waals surface area contributed by atoms with E-state index in [1.807, 2.05) is 54.5 Å². The van der Waals surface area contributed by atoms with Crippen molar-refractivity contribution in [3.8, 4) is 5.82 Å². The van der Waals surface area contributed by atoms with E-state index in [0.29, 0.717) is 5.82 Å². The molecule has 158 valence electrons. The number of halogens is 1. The maximum Gasteiger partial charge on any atom is 0.255 e. The minimum absolute atomic E-state index is 0.0860. The van der Waals surface area contributed by atoms with Crippen LogP contribution in [0.25, 0.3) is 5.82 Å². The van der Waals surface area contributed by atoms with Crippen molar-refractivity contribution in [3.63, 3.8) is 0 Å². The molecular weight excluding hydrogens is 400 g/mol. The van der Waals surface area contributed by atoms with Crippen LogP contribution in [-0.2, 0) is 6.54 Å². The van der Waals surface area contributed by atoms with E-state index in [0.717, 1.165) is 66.9 Å². The predicted molar refractivity (Wildman–Crippen MR) is 117 cm³/mol. The van der Waals surface area contributed by atoms with E-state index in [9.17, 15) is 4.79 Å². The van der Waals surface area contributed by atoms with Gasteiger partial charge in [0, 0.05) is 55.2 Å². The topological polar surface area (TPSA) is 54.5 Å². The molecule has 3 aromatic rings. The van der Waals surface area contributed by atoms with Gasteiger partial charge >= 0.3 is 0 Å². The molecule has 1 saturated heterocycles. The van der Waals surface area contributed by atoms with Crippen molar-refractivity contribution in [1.29, 1.82) is 0 Å². The molecule has 0 unspecified atom stereocenters. The monoisotopic (exact) mass is 426 g/mol. The fourth-order valence-corrected chi connectivity index (χ4v) is 4.27. The third-order valence-electron chi connectivity index (χ3n) is 5.70. The smallest absolute Gasteiger partial charge is 0.255 e. The van der Waals surface area contributed by atoms with Gasteiger partial charge in [0.15, 0.2) is 5.82 Å². The van der Waals surface area contributed by atoms with Crippen LogP contribution in [0.1, 0.15) is 39.5 Å². The van der Waals surface area contributed by atoms with Crippen molar-refractivity contribution in [2.45, 2.75) is 33.7 Å². The molecule has 1 aromatic carbocycles. The molecule has 1 fully saturated rings. The molecular formula is C23H27ClN4O2. The molecule has 0 saturated carbocycles. The van der Waals surface area contributed by atoms with Gasteiger partial charge in [0.2, 0.25) is 0 Å². The van der Waals surface area contributed by atoms with Crippen molar-refractivity contribution >= 4 is 17.5 Å². The van der Waals surface area contributed by atoms with Crippen LogP contribution in [-0.4, -0.2) is 51.6 Å². The number of nitrogens with zero attached hydrogens (tertiary/aromatic N) is 4. The Balaban J connectivity index is 1.46. The van der Waals surface area contributed by atoms with E-state index < -0.39 is 0 Å². The lowest BCUT2D eigenvalue weighted by atomic mass is 10.2. The first-order valence-electron chi connectivity index (χ1n) is 10.3. The number of hydrogen-bond donors (Lipinski definition) is 0. The van der Waals surface area contributed by atoms with Gasteiger partial charge in [-0.15, -0.1) is 0 Å². The summed E-state index contributed by atoms with van der Waals surface area (Å²) in [5.41, 5.74) is 3.85. The fraction of sp³-hybridized carbons (Fsp3) is 0.391. The molecule has 0 spiro atoms. The number of hydrogen-bond acceptors (Lipinski definition) is 4. The van der Waals surface area contributed by atoms with E-state index >= 15 is 0 Å². The van der Waals surface area contributed by atoms with Crippen molar-refractivity contribution < 1.29 is 9.32 Å². The number of aromatic nitrogens is 2. The SMILES string of the molecule is Cc1cc(-n2c(C)cc(C(=O)N3CCCN(Cc4ccc(Cl)cc4)CC3)c2C)no1. The summed E-state index contributed by atoms with van der Waals surface area (Å²) in [5, 5.41) is 4.87. The average molecular weight is 427 g/mol. The summed E-state index contributed by atoms with van der Waals surface area (Å²) in [4.78, 5) is 17.7. The minimum Gasteiger partial charge on any atom is -0.360 e. The van der Waals surface area contributed by atoms with Crippen molar-refractivity contribution in [3.05, 3.63) is 69.7 Å². The van der Waals surface area contributed by atoms with Crippen molar-refractivity contribution in [1.82, 2.24) is 19.5 Å². The second-order valence-electron chi connectivity index (χ2n) is 7.96. The van der Waals surface area contributed by atoms with Gasteiger partial charge in [0.25, 0.3) is 5.91 Å². The standard InChI is InChI=1S/C23H27ClN4O2/c1-16-13-21(18(3)28(16)22-14-17(2)30-25-22)23(29)27-10-4-9-26(11-12-27)15-19-5-7-20(24)8-6-19/h5-8,13-14H,4,9-12,15H2,1-3H3. The third-order valence-corrected chi connectivity index (χ3v) is 5.95. The maximum atomic E-state index is 13.3. The molecule has 6 nitrogen and oxygen atoms in total. The molecule has 30 heavy (non-hydrogen) atoms. The Morgan fingerprint density at radius 3 is 2.53 bits per heavy atom. The number of rotatable bonds is 4. The van der Waals surface area contributed by atoms with Gasteiger partial charge in [-0.1, -0.05) is 28.9 Å². The maximum absolute atomic E-state index is 13.3. The number of aryl methyl sites for hydroxylation is 2. The van der Waals surface area contributed by atoms with Gasteiger partial charge in [0.05, 0.1) is 5.56 Å². The lowest BCUT2D eigenvalue weighted by Gasteiger charge is -2.22. The third kappa shape index (κ3) is 4.30. The molecule has 3 heterocycles. The largest absolute Gasteiger partial charge is 0.360 e. The summed E-state index contributed by atoms with van der Waals surface area (Å²) in [6.07, 6.45) is 0.959. The van der Waals surface area contributed by atoms with E-state index in [1.165, 1.54) is 5.56 Å². The first kappa shape index (κ1) is 20.7. The van der Waals surface area contributed by atoms with Crippen LogP contribution in [0.3, 0.4) is 0 Å². The molecule has 1 amide bonds. The number of amides is 1. The molecule has 1 aliphatic heterocycles. The van der Waals surface area contributed by atoms with Crippen LogP contribution in [0.2, 0.25) is 5.02 Å². The van der Waals surface area contributed by atoms with Crippen LogP contribution in [0.4, 0.5) is 0 Å². The second kappa shape index (κ2) is 8.66. The van der Waals surface area contributed by atoms with Gasteiger partial charge in [-0.05, 0) is 51.0 Å². The molecule has 4 rings (SSSR count). The zero-order chi connectivity index (χ0) is 21.3. The minimum atomic E-state index is 0.0860. The molecule has 0 N–H and O–H groups in total. The van der Waals surface area contributed by atoms with Crippen molar-refractivity contribution in [2.24, 2.45) is 0 Å². The fourth-order valence-electron chi connectivity index (χ4n) is 4.14. The van der Waals surface area contributed by atoms with Gasteiger partial charge < -0.3 is 9.42 Å². The second-order valence-corrected chi connectivity index (χ2v) is 8.40. The lowest BCUT2D eigenvalue weighted by Crippen LogP contribution is -2.35. The summed E-state index contributed by atoms with van der Waals surface area (Å²) in [6, 6.07) is 11.8. The Labute approximate surface area is 182 Å². The Bertz CT molecular complexity index is 1040. The van der Waals surface area contributed by atoms with Crippen LogP contribution in [0.15, 0.2) is 40.9 Å². The van der Waals surface area contributed by atoms with E-state index in [1.54, 1.807) is 0 Å². The molecule has 0 atom stereocenters. The van der Waals surface area contributed by atoms with Crippen LogP contribution in [0.5, 0.6) is 0 Å². The van der Waals surface area contributed by atoms with E-state index in [2.05, 4.69) is 22.2 Å². The highest BCUT2D eigenvalue weighted by molar-refractivity contribution is 6.30. The number of carbonyl (C=O) groups is 1. The van der Waals surface area contributed by atoms with Gasteiger partial charge in [-0.25, -0.2) is 0 Å². The summed E-state index contributed by atoms with van der Waals surface area (Å²) in [5.74, 6) is 1.55. The van der Waals surface area contributed by atoms with Gasteiger partial charge in [0.1, 0.15) is 5.76 Å². The first-order chi connectivity index (χ1) is 14.4. The summed E-state index contributed by atoms with van der Waals surface area (Å²) in [7, 11) is 0. The van der Waals surface area contributed by atoms with Gasteiger partial charge in [-0.2, -0.15) is 0 Å². The quantitative estimate of drug-likeness (QED) is 0.620. The molecule has 0 aliphatic carbocycles. The van der Waals surface area contributed by atoms with E-state index in [-0.39, 0.29) is 5.91 Å². The normalized spacial score (nSPS) is 15.4. The van der Waals surface area contributed by atoms with Crippen LogP contribution < -0.4 is 0 Å². The summed E-state index contributed by atoms with van der Waals surface area (Å²) >= 11 is 5.99. The molecule has 0 radical (unpaired) electrons. The highest BCUT2D eigenvalue weighted by Gasteiger charge is 2.25. The lowest BCUT2D eigenvalue weighted by molar-refractivity contribution is 0.0760. The van der Waals surface area contributed by atoms with Crippen LogP contribution >= 0.6 is 11.6 Å². The molecule has 2 aromatic heterocycles. The first-order valence-corrected chi connectivity index (χ1v) is 10.7. The molecule has 0 bridgehead atoms. The zero-order valence-electron chi connectivity index (χ0n) is 17.7. The van der Waals surface area contributed by atoms with E-state index in [4.69, 9.17) is 16.1 Å². The highest BCUT2D eigenvalue weighted by Crippen LogP contribution is 2.23. The average Bonchev–Trinajstić information content (AvgIpc) is 3.17. The number of carbonyl (C=O) groups excluding carboxylic acids is 1. The zero-order valence-corrected chi connectivity index (χ0v) is 18.4. The Kier molecular flexibility index (Phi) is 5.97. The molecule has 7 heteroatoms. The Morgan fingerprint density at radius 2 is 1.83 bits per heavy atom. The van der Waals surface area contributed by atoms with Gasteiger partial charge in [-0.3, -0.25) is 14.3 Å². The predicted octanol–water partition coefficient (Wildman–Crippen LogP) is 4.39. The summed E-state index contributed by atoms with van der Waals surface area (Å²) in [6.45, 7) is 10.0.